The van der Waals surface area contributed by atoms with Crippen molar-refractivity contribution in [3.63, 3.8) is 0 Å². The predicted molar refractivity (Wildman–Crippen MR) is 36.6 cm³/mol. The van der Waals surface area contributed by atoms with E-state index in [-0.39, 0.29) is 0 Å². The van der Waals surface area contributed by atoms with Gasteiger partial charge in [-0.1, -0.05) is 0 Å². The lowest BCUT2D eigenvalue weighted by molar-refractivity contribution is -0.0171. The zero-order valence-corrected chi connectivity index (χ0v) is 5.81. The highest BCUT2D eigenvalue weighted by molar-refractivity contribution is 5.00. The van der Waals surface area contributed by atoms with Crippen LogP contribution in [0.25, 0.3) is 0 Å². The molecule has 5 heteroatoms. The minimum Gasteiger partial charge on any atom is -0.394 e. The van der Waals surface area contributed by atoms with Gasteiger partial charge in [-0.25, -0.2) is 4.98 Å². The van der Waals surface area contributed by atoms with Crippen LogP contribution in [0.3, 0.4) is 0 Å². The Hall–Kier alpha value is -0.910. The standard InChI is InChI=1S/C6H10N2O3/c9-2-5(10)6(11)4-1-7-3-8-4/h1,3,5-6,9-11H,2H2,(H,7,8)/t5-,6+/m0/s1. The van der Waals surface area contributed by atoms with E-state index in [9.17, 15) is 5.11 Å². The molecule has 1 aromatic heterocycles. The largest absolute Gasteiger partial charge is 0.394 e. The molecule has 4 N–H and O–H groups in total. The molecular weight excluding hydrogens is 148 g/mol. The third-order valence-electron chi connectivity index (χ3n) is 1.39. The number of H-pyrrole nitrogens is 1. The Kier molecular flexibility index (Phi) is 2.58. The summed E-state index contributed by atoms with van der Waals surface area (Å²) in [5, 5.41) is 26.6. The number of aliphatic hydroxyl groups excluding tert-OH is 3. The Balaban J connectivity index is 2.62. The number of hydrogen-bond donors (Lipinski definition) is 4. The van der Waals surface area contributed by atoms with Crippen molar-refractivity contribution >= 4 is 0 Å². The molecule has 0 aromatic carbocycles. The number of imidazole rings is 1. The average molecular weight is 158 g/mol. The summed E-state index contributed by atoms with van der Waals surface area (Å²) in [5.41, 5.74) is 0.395. The van der Waals surface area contributed by atoms with Crippen LogP contribution in [0, 0.1) is 0 Å². The second-order valence-electron chi connectivity index (χ2n) is 2.20. The second kappa shape index (κ2) is 3.47. The van der Waals surface area contributed by atoms with Crippen LogP contribution in [0.2, 0.25) is 0 Å². The molecule has 0 unspecified atom stereocenters. The van der Waals surface area contributed by atoms with Gasteiger partial charge in [-0.15, -0.1) is 0 Å². The van der Waals surface area contributed by atoms with Crippen molar-refractivity contribution < 1.29 is 15.3 Å². The third-order valence-corrected chi connectivity index (χ3v) is 1.39. The van der Waals surface area contributed by atoms with Crippen molar-refractivity contribution in [1.29, 1.82) is 0 Å². The third kappa shape index (κ3) is 1.76. The number of aromatic amines is 1. The first-order valence-corrected chi connectivity index (χ1v) is 3.21. The van der Waals surface area contributed by atoms with Crippen LogP contribution in [0.15, 0.2) is 12.5 Å². The van der Waals surface area contributed by atoms with E-state index in [0.29, 0.717) is 5.69 Å². The fourth-order valence-corrected chi connectivity index (χ4v) is 0.735. The number of aliphatic hydroxyl groups is 3. The molecule has 1 rings (SSSR count). The van der Waals surface area contributed by atoms with Crippen molar-refractivity contribution in [2.24, 2.45) is 0 Å². The van der Waals surface area contributed by atoms with Crippen molar-refractivity contribution in [1.82, 2.24) is 9.97 Å². The fourth-order valence-electron chi connectivity index (χ4n) is 0.735. The van der Waals surface area contributed by atoms with Crippen LogP contribution < -0.4 is 0 Å². The Morgan fingerprint density at radius 1 is 1.55 bits per heavy atom. The SMILES string of the molecule is OC[C@H](O)[C@H](O)c1cnc[nH]1. The second-order valence-corrected chi connectivity index (χ2v) is 2.20. The van der Waals surface area contributed by atoms with Crippen LogP contribution in [-0.4, -0.2) is 38.0 Å². The summed E-state index contributed by atoms with van der Waals surface area (Å²) < 4.78 is 0. The van der Waals surface area contributed by atoms with E-state index in [4.69, 9.17) is 10.2 Å². The minimum atomic E-state index is -1.16. The Morgan fingerprint density at radius 2 is 2.27 bits per heavy atom. The van der Waals surface area contributed by atoms with E-state index in [2.05, 4.69) is 9.97 Å². The van der Waals surface area contributed by atoms with Crippen LogP contribution in [-0.2, 0) is 0 Å². The van der Waals surface area contributed by atoms with Crippen LogP contribution in [0.4, 0.5) is 0 Å². The summed E-state index contributed by atoms with van der Waals surface area (Å²) in [7, 11) is 0. The molecule has 0 aliphatic carbocycles. The number of rotatable bonds is 3. The summed E-state index contributed by atoms with van der Waals surface area (Å²) >= 11 is 0. The van der Waals surface area contributed by atoms with Gasteiger partial charge in [0, 0.05) is 0 Å². The minimum absolute atomic E-state index is 0.395. The highest BCUT2D eigenvalue weighted by Crippen LogP contribution is 2.12. The molecule has 0 aliphatic heterocycles. The fraction of sp³-hybridized carbons (Fsp3) is 0.500. The maximum atomic E-state index is 9.20. The first kappa shape index (κ1) is 8.19. The van der Waals surface area contributed by atoms with Gasteiger partial charge in [0.25, 0.3) is 0 Å². The van der Waals surface area contributed by atoms with E-state index in [1.54, 1.807) is 0 Å². The molecule has 11 heavy (non-hydrogen) atoms. The van der Waals surface area contributed by atoms with E-state index in [1.807, 2.05) is 0 Å². The Labute approximate surface area is 63.3 Å². The zero-order valence-electron chi connectivity index (χ0n) is 5.81. The average Bonchev–Trinajstić information content (AvgIpc) is 2.53. The van der Waals surface area contributed by atoms with Crippen LogP contribution >= 0.6 is 0 Å². The van der Waals surface area contributed by atoms with Gasteiger partial charge in [0.2, 0.25) is 0 Å². The van der Waals surface area contributed by atoms with E-state index >= 15 is 0 Å². The maximum Gasteiger partial charge on any atom is 0.123 e. The number of nitrogens with one attached hydrogen (secondary N) is 1. The quantitative estimate of drug-likeness (QED) is 0.444. The molecule has 0 spiro atoms. The first-order chi connectivity index (χ1) is 5.25. The summed E-state index contributed by atoms with van der Waals surface area (Å²) in [6.45, 7) is -0.472. The van der Waals surface area contributed by atoms with Crippen molar-refractivity contribution in [2.45, 2.75) is 12.2 Å². The summed E-state index contributed by atoms with van der Waals surface area (Å²) in [6, 6.07) is 0. The molecule has 1 heterocycles. The van der Waals surface area contributed by atoms with Crippen LogP contribution in [0.1, 0.15) is 11.8 Å². The van der Waals surface area contributed by atoms with E-state index in [1.165, 1.54) is 12.5 Å². The highest BCUT2D eigenvalue weighted by Gasteiger charge is 2.17. The lowest BCUT2D eigenvalue weighted by atomic mass is 10.2. The first-order valence-electron chi connectivity index (χ1n) is 3.21. The van der Waals surface area contributed by atoms with E-state index in [0.717, 1.165) is 0 Å². The van der Waals surface area contributed by atoms with Crippen LogP contribution in [0.5, 0.6) is 0 Å². The van der Waals surface area contributed by atoms with Gasteiger partial charge in [0.1, 0.15) is 12.2 Å². The van der Waals surface area contributed by atoms with Gasteiger partial charge in [0.15, 0.2) is 0 Å². The molecule has 0 radical (unpaired) electrons. The molecule has 0 fully saturated rings. The molecule has 0 aliphatic rings. The van der Waals surface area contributed by atoms with Gasteiger partial charge >= 0.3 is 0 Å². The van der Waals surface area contributed by atoms with Gasteiger partial charge < -0.3 is 20.3 Å². The molecule has 0 bridgehead atoms. The van der Waals surface area contributed by atoms with Gasteiger partial charge in [-0.3, -0.25) is 0 Å². The lowest BCUT2D eigenvalue weighted by Crippen LogP contribution is -2.22. The summed E-state index contributed by atoms with van der Waals surface area (Å²) in [5.74, 6) is 0. The number of nitrogens with zero attached hydrogens (tertiary/aromatic N) is 1. The van der Waals surface area contributed by atoms with Gasteiger partial charge in [-0.2, -0.15) is 0 Å². The molecule has 0 saturated heterocycles. The zero-order chi connectivity index (χ0) is 8.27. The smallest absolute Gasteiger partial charge is 0.123 e. The molecule has 2 atom stereocenters. The molecule has 0 saturated carbocycles. The normalized spacial score (nSPS) is 16.3. The van der Waals surface area contributed by atoms with Crippen molar-refractivity contribution in [3.8, 4) is 0 Å². The topological polar surface area (TPSA) is 89.4 Å². The molecule has 62 valence electrons. The Morgan fingerprint density at radius 3 is 2.73 bits per heavy atom. The highest BCUT2D eigenvalue weighted by atomic mass is 16.4. The van der Waals surface area contributed by atoms with Gasteiger partial charge in [-0.05, 0) is 0 Å². The predicted octanol–water partition coefficient (Wildman–Crippen LogP) is -1.20. The summed E-state index contributed by atoms with van der Waals surface area (Å²) in [4.78, 5) is 6.27. The summed E-state index contributed by atoms with van der Waals surface area (Å²) in [6.07, 6.45) is 0.532. The monoisotopic (exact) mass is 158 g/mol. The molecular formula is C6H10N2O3. The molecule has 5 nitrogen and oxygen atoms in total. The number of aromatic nitrogens is 2. The maximum absolute atomic E-state index is 9.20. The molecule has 1 aromatic rings. The number of hydrogen-bond acceptors (Lipinski definition) is 4. The van der Waals surface area contributed by atoms with Gasteiger partial charge in [0.05, 0.1) is 24.8 Å². The van der Waals surface area contributed by atoms with Crippen molar-refractivity contribution in [2.75, 3.05) is 6.61 Å². The lowest BCUT2D eigenvalue weighted by Gasteiger charge is -2.12. The Bertz CT molecular complexity index is 200. The van der Waals surface area contributed by atoms with Crippen molar-refractivity contribution in [3.05, 3.63) is 18.2 Å². The van der Waals surface area contributed by atoms with E-state index < -0.39 is 18.8 Å². The molecule has 0 amide bonds.